The highest BCUT2D eigenvalue weighted by Crippen LogP contribution is 2.23. The second-order valence-electron chi connectivity index (χ2n) is 6.54. The fraction of sp³-hybridized carbons (Fsp3) is 0.238. The van der Waals surface area contributed by atoms with E-state index in [1.54, 1.807) is 0 Å². The fourth-order valence-electron chi connectivity index (χ4n) is 2.92. The maximum atomic E-state index is 3.69. The van der Waals surface area contributed by atoms with Crippen LogP contribution in [0.3, 0.4) is 0 Å². The number of hydrogen-bond acceptors (Lipinski definition) is 1. The van der Waals surface area contributed by atoms with Crippen LogP contribution in [0, 0.1) is 0 Å². The molecule has 0 amide bonds. The first-order valence-corrected chi connectivity index (χ1v) is 7.90. The van der Waals surface area contributed by atoms with E-state index in [1.807, 2.05) is 0 Å². The van der Waals surface area contributed by atoms with E-state index in [-0.39, 0.29) is 5.54 Å². The topological polar surface area (TPSA) is 12.0 Å². The molecule has 1 heteroatoms. The molecule has 0 spiro atoms. The van der Waals surface area contributed by atoms with Crippen molar-refractivity contribution >= 4 is 10.8 Å². The molecule has 1 nitrogen and oxygen atoms in total. The SMILES string of the molecule is CC(C)(Cc1cccc2ccccc12)NCc1ccccc1. The number of fused-ring (bicyclic) bond motifs is 1. The maximum absolute atomic E-state index is 3.69. The van der Waals surface area contributed by atoms with Gasteiger partial charge < -0.3 is 5.32 Å². The van der Waals surface area contributed by atoms with Gasteiger partial charge in [0.25, 0.3) is 0 Å². The van der Waals surface area contributed by atoms with Crippen LogP contribution in [0.2, 0.25) is 0 Å². The zero-order chi connectivity index (χ0) is 15.4. The standard InChI is InChI=1S/C21H23N/c1-21(2,22-16-17-9-4-3-5-10-17)15-19-13-8-12-18-11-6-7-14-20(18)19/h3-14,22H,15-16H2,1-2H3. The Balaban J connectivity index is 1.75. The van der Waals surface area contributed by atoms with Crippen molar-refractivity contribution in [2.45, 2.75) is 32.4 Å². The maximum Gasteiger partial charge on any atom is 0.0210 e. The van der Waals surface area contributed by atoms with Gasteiger partial charge in [-0.25, -0.2) is 0 Å². The van der Waals surface area contributed by atoms with Gasteiger partial charge in [0.1, 0.15) is 0 Å². The summed E-state index contributed by atoms with van der Waals surface area (Å²) in [6, 6.07) is 25.8. The molecule has 0 heterocycles. The molecule has 0 unspecified atom stereocenters. The van der Waals surface area contributed by atoms with Crippen molar-refractivity contribution in [3.63, 3.8) is 0 Å². The van der Waals surface area contributed by atoms with Gasteiger partial charge in [-0.2, -0.15) is 0 Å². The molecule has 22 heavy (non-hydrogen) atoms. The van der Waals surface area contributed by atoms with Crippen LogP contribution in [-0.4, -0.2) is 5.54 Å². The van der Waals surface area contributed by atoms with Crippen LogP contribution < -0.4 is 5.32 Å². The summed E-state index contributed by atoms with van der Waals surface area (Å²) in [6.07, 6.45) is 1.02. The van der Waals surface area contributed by atoms with Crippen molar-refractivity contribution < 1.29 is 0 Å². The van der Waals surface area contributed by atoms with Gasteiger partial charge in [-0.3, -0.25) is 0 Å². The van der Waals surface area contributed by atoms with Gasteiger partial charge >= 0.3 is 0 Å². The molecule has 0 radical (unpaired) electrons. The van der Waals surface area contributed by atoms with Crippen LogP contribution in [0.5, 0.6) is 0 Å². The molecule has 0 saturated heterocycles. The molecule has 0 aliphatic heterocycles. The molecule has 0 bridgehead atoms. The van der Waals surface area contributed by atoms with E-state index in [2.05, 4.69) is 92.0 Å². The lowest BCUT2D eigenvalue weighted by Crippen LogP contribution is -2.40. The van der Waals surface area contributed by atoms with Crippen LogP contribution in [0.15, 0.2) is 72.8 Å². The Morgan fingerprint density at radius 3 is 2.27 bits per heavy atom. The molecule has 0 fully saturated rings. The van der Waals surface area contributed by atoms with Crippen molar-refractivity contribution in [1.29, 1.82) is 0 Å². The average molecular weight is 289 g/mol. The number of rotatable bonds is 5. The van der Waals surface area contributed by atoms with Crippen molar-refractivity contribution in [3.8, 4) is 0 Å². The Morgan fingerprint density at radius 2 is 1.45 bits per heavy atom. The van der Waals surface area contributed by atoms with E-state index in [4.69, 9.17) is 0 Å². The van der Waals surface area contributed by atoms with Gasteiger partial charge in [-0.05, 0) is 42.2 Å². The molecule has 0 saturated carbocycles. The Kier molecular flexibility index (Phi) is 4.26. The second-order valence-corrected chi connectivity index (χ2v) is 6.54. The molecule has 0 aliphatic rings. The Labute approximate surface area is 133 Å². The zero-order valence-electron chi connectivity index (χ0n) is 13.3. The third-order valence-electron chi connectivity index (χ3n) is 4.13. The highest BCUT2D eigenvalue weighted by atomic mass is 14.9. The molecule has 3 aromatic carbocycles. The van der Waals surface area contributed by atoms with Gasteiger partial charge in [0.15, 0.2) is 0 Å². The molecule has 0 aromatic heterocycles. The van der Waals surface area contributed by atoms with Crippen molar-refractivity contribution in [1.82, 2.24) is 5.32 Å². The number of benzene rings is 3. The van der Waals surface area contributed by atoms with Crippen LogP contribution in [-0.2, 0) is 13.0 Å². The van der Waals surface area contributed by atoms with Gasteiger partial charge in [-0.15, -0.1) is 0 Å². The van der Waals surface area contributed by atoms with E-state index in [0.717, 1.165) is 13.0 Å². The summed E-state index contributed by atoms with van der Waals surface area (Å²) in [5, 5.41) is 6.37. The molecule has 0 aliphatic carbocycles. The predicted molar refractivity (Wildman–Crippen MR) is 95.0 cm³/mol. The lowest BCUT2D eigenvalue weighted by Gasteiger charge is -2.27. The normalized spacial score (nSPS) is 11.7. The van der Waals surface area contributed by atoms with Crippen molar-refractivity contribution in [2.75, 3.05) is 0 Å². The van der Waals surface area contributed by atoms with Crippen LogP contribution in [0.25, 0.3) is 10.8 Å². The van der Waals surface area contributed by atoms with E-state index in [1.165, 1.54) is 21.9 Å². The smallest absolute Gasteiger partial charge is 0.0210 e. The molecule has 112 valence electrons. The van der Waals surface area contributed by atoms with Gasteiger partial charge in [0.05, 0.1) is 0 Å². The number of nitrogens with one attached hydrogen (secondary N) is 1. The minimum Gasteiger partial charge on any atom is -0.307 e. The fourth-order valence-corrected chi connectivity index (χ4v) is 2.92. The largest absolute Gasteiger partial charge is 0.307 e. The highest BCUT2D eigenvalue weighted by Gasteiger charge is 2.18. The summed E-state index contributed by atoms with van der Waals surface area (Å²) in [6.45, 7) is 5.45. The van der Waals surface area contributed by atoms with Crippen LogP contribution in [0.4, 0.5) is 0 Å². The van der Waals surface area contributed by atoms with Gasteiger partial charge in [-0.1, -0.05) is 72.8 Å². The Hall–Kier alpha value is -2.12. The van der Waals surface area contributed by atoms with E-state index < -0.39 is 0 Å². The van der Waals surface area contributed by atoms with Crippen molar-refractivity contribution in [3.05, 3.63) is 83.9 Å². The van der Waals surface area contributed by atoms with Gasteiger partial charge in [0.2, 0.25) is 0 Å². The monoisotopic (exact) mass is 289 g/mol. The highest BCUT2D eigenvalue weighted by molar-refractivity contribution is 5.85. The third-order valence-corrected chi connectivity index (χ3v) is 4.13. The third kappa shape index (κ3) is 3.55. The first kappa shape index (κ1) is 14.8. The lowest BCUT2D eigenvalue weighted by molar-refractivity contribution is 0.385. The molecular formula is C21H23N. The molecule has 3 aromatic rings. The first-order valence-electron chi connectivity index (χ1n) is 7.90. The molecule has 3 rings (SSSR count). The summed E-state index contributed by atoms with van der Waals surface area (Å²) in [5.41, 5.74) is 2.79. The quantitative estimate of drug-likeness (QED) is 0.700. The predicted octanol–water partition coefficient (Wildman–Crippen LogP) is 4.95. The summed E-state index contributed by atoms with van der Waals surface area (Å²) in [5.74, 6) is 0. The van der Waals surface area contributed by atoms with Crippen LogP contribution >= 0.6 is 0 Å². The van der Waals surface area contributed by atoms with E-state index in [9.17, 15) is 0 Å². The average Bonchev–Trinajstić information content (AvgIpc) is 2.54. The molecule has 1 N–H and O–H groups in total. The van der Waals surface area contributed by atoms with E-state index >= 15 is 0 Å². The first-order chi connectivity index (χ1) is 10.6. The summed E-state index contributed by atoms with van der Waals surface area (Å²) in [7, 11) is 0. The van der Waals surface area contributed by atoms with Crippen LogP contribution in [0.1, 0.15) is 25.0 Å². The Bertz CT molecular complexity index is 739. The molecule has 0 atom stereocenters. The Morgan fingerprint density at radius 1 is 0.773 bits per heavy atom. The summed E-state index contributed by atoms with van der Waals surface area (Å²) < 4.78 is 0. The second kappa shape index (κ2) is 6.33. The molecular weight excluding hydrogens is 266 g/mol. The zero-order valence-corrected chi connectivity index (χ0v) is 13.3. The van der Waals surface area contributed by atoms with E-state index in [0.29, 0.717) is 0 Å². The minimum atomic E-state index is 0.0555. The van der Waals surface area contributed by atoms with Gasteiger partial charge in [0, 0.05) is 12.1 Å². The number of hydrogen-bond donors (Lipinski definition) is 1. The summed E-state index contributed by atoms with van der Waals surface area (Å²) >= 11 is 0. The summed E-state index contributed by atoms with van der Waals surface area (Å²) in [4.78, 5) is 0. The minimum absolute atomic E-state index is 0.0555. The lowest BCUT2D eigenvalue weighted by atomic mass is 9.91. The van der Waals surface area contributed by atoms with Crippen molar-refractivity contribution in [2.24, 2.45) is 0 Å².